The van der Waals surface area contributed by atoms with Gasteiger partial charge in [0.15, 0.2) is 0 Å². The molecule has 0 bridgehead atoms. The van der Waals surface area contributed by atoms with Crippen molar-refractivity contribution in [2.24, 2.45) is 5.92 Å². The van der Waals surface area contributed by atoms with Gasteiger partial charge in [0, 0.05) is 37.5 Å². The summed E-state index contributed by atoms with van der Waals surface area (Å²) < 4.78 is 11.2. The molecule has 4 rings (SSSR count). The molecule has 0 unspecified atom stereocenters. The van der Waals surface area contributed by atoms with Gasteiger partial charge in [-0.3, -0.25) is 9.78 Å². The predicted molar refractivity (Wildman–Crippen MR) is 86.3 cm³/mol. The topological polar surface area (TPSA) is 68.5 Å². The van der Waals surface area contributed by atoms with Gasteiger partial charge in [0.2, 0.25) is 0 Å². The number of carbonyl (C=O) groups is 1. The molecule has 2 aromatic heterocycles. The molecule has 126 valence electrons. The van der Waals surface area contributed by atoms with E-state index in [1.807, 2.05) is 17.9 Å². The van der Waals surface area contributed by atoms with E-state index in [4.69, 9.17) is 9.26 Å². The summed E-state index contributed by atoms with van der Waals surface area (Å²) in [7, 11) is 0. The van der Waals surface area contributed by atoms with E-state index in [1.165, 1.54) is 12.8 Å². The molecule has 3 heterocycles. The van der Waals surface area contributed by atoms with Gasteiger partial charge in [0.05, 0.1) is 18.7 Å². The first-order chi connectivity index (χ1) is 11.7. The molecule has 0 aromatic carbocycles. The monoisotopic (exact) mass is 327 g/mol. The van der Waals surface area contributed by atoms with Gasteiger partial charge in [-0.15, -0.1) is 0 Å². The summed E-state index contributed by atoms with van der Waals surface area (Å²) in [6, 6.07) is 1.87. The number of hydrogen-bond acceptors (Lipinski definition) is 5. The van der Waals surface area contributed by atoms with E-state index >= 15 is 0 Å². The van der Waals surface area contributed by atoms with E-state index in [-0.39, 0.29) is 5.91 Å². The fourth-order valence-electron chi connectivity index (χ4n) is 3.01. The molecule has 1 amide bonds. The molecule has 0 atom stereocenters. The third-order valence-electron chi connectivity index (χ3n) is 4.61. The first-order valence-corrected chi connectivity index (χ1v) is 8.45. The molecule has 6 heteroatoms. The Morgan fingerprint density at radius 3 is 3.08 bits per heavy atom. The standard InChI is InChI=1S/C18H21N3O3/c1-12-6-14(8-19-7-12)18(22)21-5-4-17-15(9-21)16(20-24-17)11-23-10-13-2-3-13/h6-8,13H,2-5,9-11H2,1H3. The molecule has 1 aliphatic heterocycles. The Morgan fingerprint density at radius 2 is 2.29 bits per heavy atom. The van der Waals surface area contributed by atoms with Crippen LogP contribution in [0.4, 0.5) is 0 Å². The average molecular weight is 327 g/mol. The normalized spacial score (nSPS) is 17.0. The summed E-state index contributed by atoms with van der Waals surface area (Å²) in [5.74, 6) is 1.61. The summed E-state index contributed by atoms with van der Waals surface area (Å²) in [4.78, 5) is 18.7. The summed E-state index contributed by atoms with van der Waals surface area (Å²) in [5, 5.41) is 4.15. The average Bonchev–Trinajstić information content (AvgIpc) is 3.33. The van der Waals surface area contributed by atoms with Gasteiger partial charge in [0.1, 0.15) is 11.5 Å². The van der Waals surface area contributed by atoms with Crippen LogP contribution in [-0.4, -0.2) is 34.1 Å². The van der Waals surface area contributed by atoms with E-state index in [1.54, 1.807) is 12.4 Å². The molecule has 6 nitrogen and oxygen atoms in total. The lowest BCUT2D eigenvalue weighted by atomic mass is 10.0. The minimum absolute atomic E-state index is 0.00268. The summed E-state index contributed by atoms with van der Waals surface area (Å²) in [6.07, 6.45) is 6.60. The molecule has 2 aliphatic rings. The maximum Gasteiger partial charge on any atom is 0.255 e. The number of rotatable bonds is 5. The minimum atomic E-state index is 0.00268. The highest BCUT2D eigenvalue weighted by Gasteiger charge is 2.28. The zero-order chi connectivity index (χ0) is 16.5. The quantitative estimate of drug-likeness (QED) is 0.844. The number of hydrogen-bond donors (Lipinski definition) is 0. The van der Waals surface area contributed by atoms with Crippen LogP contribution in [-0.2, 0) is 24.3 Å². The van der Waals surface area contributed by atoms with Crippen LogP contribution in [0.25, 0.3) is 0 Å². The Balaban J connectivity index is 1.45. The fraction of sp³-hybridized carbons (Fsp3) is 0.500. The Labute approximate surface area is 140 Å². The molecular weight excluding hydrogens is 306 g/mol. The highest BCUT2D eigenvalue weighted by atomic mass is 16.5. The molecule has 0 saturated heterocycles. The summed E-state index contributed by atoms with van der Waals surface area (Å²) >= 11 is 0. The SMILES string of the molecule is Cc1cncc(C(=O)N2CCc3onc(COCC4CC4)c3C2)c1. The zero-order valence-electron chi connectivity index (χ0n) is 13.8. The Hall–Kier alpha value is -2.21. The number of aromatic nitrogens is 2. The molecular formula is C18H21N3O3. The first kappa shape index (κ1) is 15.3. The second-order valence-corrected chi connectivity index (χ2v) is 6.72. The summed E-state index contributed by atoms with van der Waals surface area (Å²) in [5.41, 5.74) is 3.44. The molecule has 0 N–H and O–H groups in total. The van der Waals surface area contributed by atoms with Crippen LogP contribution < -0.4 is 0 Å². The van der Waals surface area contributed by atoms with Crippen molar-refractivity contribution in [2.45, 2.75) is 39.3 Å². The van der Waals surface area contributed by atoms with Crippen molar-refractivity contribution in [1.29, 1.82) is 0 Å². The lowest BCUT2D eigenvalue weighted by Gasteiger charge is -2.26. The highest BCUT2D eigenvalue weighted by molar-refractivity contribution is 5.94. The van der Waals surface area contributed by atoms with Crippen LogP contribution in [0.5, 0.6) is 0 Å². The Bertz CT molecular complexity index is 752. The van der Waals surface area contributed by atoms with E-state index in [2.05, 4.69) is 10.1 Å². The van der Waals surface area contributed by atoms with Crippen molar-refractivity contribution < 1.29 is 14.1 Å². The second kappa shape index (κ2) is 6.36. The Morgan fingerprint density at radius 1 is 1.42 bits per heavy atom. The van der Waals surface area contributed by atoms with E-state index in [0.717, 1.165) is 35.1 Å². The smallest absolute Gasteiger partial charge is 0.255 e. The van der Waals surface area contributed by atoms with E-state index < -0.39 is 0 Å². The lowest BCUT2D eigenvalue weighted by molar-refractivity contribution is 0.0725. The van der Waals surface area contributed by atoms with Crippen molar-refractivity contribution in [3.8, 4) is 0 Å². The predicted octanol–water partition coefficient (Wildman–Crippen LogP) is 2.50. The molecule has 1 aliphatic carbocycles. The largest absolute Gasteiger partial charge is 0.375 e. The second-order valence-electron chi connectivity index (χ2n) is 6.72. The van der Waals surface area contributed by atoms with Crippen LogP contribution in [0.2, 0.25) is 0 Å². The number of fused-ring (bicyclic) bond motifs is 1. The molecule has 24 heavy (non-hydrogen) atoms. The van der Waals surface area contributed by atoms with Gasteiger partial charge in [-0.25, -0.2) is 0 Å². The van der Waals surface area contributed by atoms with Gasteiger partial charge in [-0.2, -0.15) is 0 Å². The van der Waals surface area contributed by atoms with Crippen molar-refractivity contribution in [1.82, 2.24) is 15.0 Å². The highest BCUT2D eigenvalue weighted by Crippen LogP contribution is 2.30. The van der Waals surface area contributed by atoms with Crippen LogP contribution in [0.15, 0.2) is 23.0 Å². The van der Waals surface area contributed by atoms with Crippen molar-refractivity contribution in [3.63, 3.8) is 0 Å². The van der Waals surface area contributed by atoms with Crippen molar-refractivity contribution in [2.75, 3.05) is 13.2 Å². The van der Waals surface area contributed by atoms with Crippen LogP contribution in [0, 0.1) is 12.8 Å². The number of carbonyl (C=O) groups excluding carboxylic acids is 1. The molecule has 1 fully saturated rings. The van der Waals surface area contributed by atoms with Gasteiger partial charge in [-0.05, 0) is 37.3 Å². The van der Waals surface area contributed by atoms with Crippen LogP contribution in [0.3, 0.4) is 0 Å². The minimum Gasteiger partial charge on any atom is -0.375 e. The third kappa shape index (κ3) is 3.19. The van der Waals surface area contributed by atoms with Crippen LogP contribution >= 0.6 is 0 Å². The first-order valence-electron chi connectivity index (χ1n) is 8.45. The number of pyridine rings is 1. The molecule has 2 aromatic rings. The number of nitrogens with zero attached hydrogens (tertiary/aromatic N) is 3. The van der Waals surface area contributed by atoms with Crippen molar-refractivity contribution in [3.05, 3.63) is 46.6 Å². The van der Waals surface area contributed by atoms with E-state index in [0.29, 0.717) is 31.7 Å². The van der Waals surface area contributed by atoms with Gasteiger partial charge < -0.3 is 14.2 Å². The maximum absolute atomic E-state index is 12.7. The molecule has 0 radical (unpaired) electrons. The summed E-state index contributed by atoms with van der Waals surface area (Å²) in [6.45, 7) is 4.35. The van der Waals surface area contributed by atoms with E-state index in [9.17, 15) is 4.79 Å². The fourth-order valence-corrected chi connectivity index (χ4v) is 3.01. The number of amides is 1. The number of ether oxygens (including phenoxy) is 1. The number of aryl methyl sites for hydroxylation is 1. The molecule has 1 saturated carbocycles. The molecule has 0 spiro atoms. The van der Waals surface area contributed by atoms with Crippen LogP contribution in [0.1, 0.15) is 45.8 Å². The van der Waals surface area contributed by atoms with Gasteiger partial charge in [-0.1, -0.05) is 5.16 Å². The third-order valence-corrected chi connectivity index (χ3v) is 4.61. The zero-order valence-corrected chi connectivity index (χ0v) is 13.8. The maximum atomic E-state index is 12.7. The van der Waals surface area contributed by atoms with Gasteiger partial charge in [0.25, 0.3) is 5.91 Å². The Kier molecular flexibility index (Phi) is 4.06. The van der Waals surface area contributed by atoms with Gasteiger partial charge >= 0.3 is 0 Å². The van der Waals surface area contributed by atoms with Crippen molar-refractivity contribution >= 4 is 5.91 Å². The lowest BCUT2D eigenvalue weighted by Crippen LogP contribution is -2.36.